The minimum Gasteiger partial charge on any atom is -0.456 e. The van der Waals surface area contributed by atoms with Crippen molar-refractivity contribution in [3.8, 4) is 27.9 Å². The molecule has 3 aromatic heterocycles. The van der Waals surface area contributed by atoms with Gasteiger partial charge in [-0.1, -0.05) is 138 Å². The van der Waals surface area contributed by atoms with Gasteiger partial charge in [-0.15, -0.1) is 11.3 Å². The fourth-order valence-corrected chi connectivity index (χ4v) is 13.7. The highest BCUT2D eigenvalue weighted by Gasteiger charge is 2.43. The molecule has 13 rings (SSSR count). The van der Waals surface area contributed by atoms with Gasteiger partial charge in [0.25, 0.3) is 0 Å². The van der Waals surface area contributed by atoms with Crippen molar-refractivity contribution in [1.82, 2.24) is 4.57 Å². The molecule has 338 valence electrons. The lowest BCUT2D eigenvalue weighted by molar-refractivity contribution is 0.331. The summed E-state index contributed by atoms with van der Waals surface area (Å²) in [7, 11) is 0.858. The van der Waals surface area contributed by atoms with Crippen LogP contribution in [-0.2, 0) is 27.1 Å². The molecular weight excluding hydrogens is 844 g/mol. The Bertz CT molecular complexity index is 3840. The predicted octanol–water partition coefficient (Wildman–Crippen LogP) is 16.3. The number of nitrogens with one attached hydrogen (secondary N) is 1. The van der Waals surface area contributed by atoms with Gasteiger partial charge >= 0.3 is 0 Å². The average Bonchev–Trinajstić information content (AvgIpc) is 4.00. The fourth-order valence-electron chi connectivity index (χ4n) is 12.6. The van der Waals surface area contributed by atoms with Gasteiger partial charge in [0.05, 0.1) is 11.2 Å². The maximum Gasteiger partial charge on any atom is 0.211 e. The third-order valence-electron chi connectivity index (χ3n) is 16.8. The molecule has 0 unspecified atom stereocenters. The van der Waals surface area contributed by atoms with Crippen LogP contribution in [0.5, 0.6) is 0 Å². The number of para-hydroxylation sites is 1. The van der Waals surface area contributed by atoms with Crippen molar-refractivity contribution in [2.75, 3.05) is 5.32 Å². The first-order valence-corrected chi connectivity index (χ1v) is 25.7. The van der Waals surface area contributed by atoms with Gasteiger partial charge in [0.15, 0.2) is 0 Å². The van der Waals surface area contributed by atoms with E-state index in [0.29, 0.717) is 0 Å². The number of thiophene rings is 1. The number of anilines is 2. The summed E-state index contributed by atoms with van der Waals surface area (Å²) in [6, 6.07) is 44.7. The zero-order valence-corrected chi connectivity index (χ0v) is 42.7. The summed E-state index contributed by atoms with van der Waals surface area (Å²) in [5.74, 6) is 0. The van der Waals surface area contributed by atoms with Crippen LogP contribution in [0.2, 0.25) is 0 Å². The lowest BCUT2D eigenvalue weighted by Crippen LogP contribution is -2.35. The molecule has 1 aliphatic heterocycles. The lowest BCUT2D eigenvalue weighted by Gasteiger charge is -2.42. The first kappa shape index (κ1) is 42.1. The quantitative estimate of drug-likeness (QED) is 0.179. The highest BCUT2D eigenvalue weighted by atomic mass is 32.1. The Kier molecular flexibility index (Phi) is 8.42. The third kappa shape index (κ3) is 5.90. The SMILES string of the molecule is CC(C)(C)c1ccc(Nc2cc3c(cc2-c2ccc4c5cc6oc7ccccc7c6cc5n5c4c2Bc2sc4ccc(C(C)(C)C)cc4c2-5)-c2cc4c(cc2C3(C)C)C(C)(C)CCC4(C)C)cc1. The lowest BCUT2D eigenvalue weighted by atomic mass is 9.62. The largest absolute Gasteiger partial charge is 0.456 e. The van der Waals surface area contributed by atoms with Crippen molar-refractivity contribution in [3.63, 3.8) is 0 Å². The molecule has 0 fully saturated rings. The van der Waals surface area contributed by atoms with Crippen molar-refractivity contribution in [3.05, 3.63) is 149 Å². The number of rotatable bonds is 3. The van der Waals surface area contributed by atoms with Crippen molar-refractivity contribution < 1.29 is 4.42 Å². The van der Waals surface area contributed by atoms with Gasteiger partial charge in [0.2, 0.25) is 7.28 Å². The van der Waals surface area contributed by atoms with Crippen LogP contribution in [0.15, 0.2) is 120 Å². The molecule has 5 heteroatoms. The fraction of sp³-hybridized carbons (Fsp3) is 0.302. The van der Waals surface area contributed by atoms with E-state index in [1.165, 1.54) is 116 Å². The van der Waals surface area contributed by atoms with Crippen LogP contribution >= 0.6 is 11.3 Å². The maximum atomic E-state index is 6.60. The summed E-state index contributed by atoms with van der Waals surface area (Å²) in [4.78, 5) is 0. The van der Waals surface area contributed by atoms with Gasteiger partial charge in [-0.05, 0) is 155 Å². The van der Waals surface area contributed by atoms with E-state index < -0.39 is 0 Å². The van der Waals surface area contributed by atoms with Gasteiger partial charge in [-0.2, -0.15) is 0 Å². The van der Waals surface area contributed by atoms with E-state index in [9.17, 15) is 0 Å². The Hall–Kier alpha value is -6.04. The number of nitrogens with zero attached hydrogens (tertiary/aromatic N) is 1. The highest BCUT2D eigenvalue weighted by molar-refractivity contribution is 7.29. The number of benzene rings is 7. The summed E-state index contributed by atoms with van der Waals surface area (Å²) in [6.45, 7) is 28.6. The molecule has 3 nitrogen and oxygen atoms in total. The smallest absolute Gasteiger partial charge is 0.211 e. The van der Waals surface area contributed by atoms with Crippen LogP contribution in [0.1, 0.15) is 129 Å². The summed E-state index contributed by atoms with van der Waals surface area (Å²) < 4.78 is 12.0. The Morgan fingerprint density at radius 2 is 1.24 bits per heavy atom. The van der Waals surface area contributed by atoms with Crippen LogP contribution < -0.4 is 15.6 Å². The van der Waals surface area contributed by atoms with E-state index in [0.717, 1.165) is 40.6 Å². The van der Waals surface area contributed by atoms with Gasteiger partial charge in [-0.3, -0.25) is 0 Å². The second kappa shape index (κ2) is 13.6. The molecule has 0 spiro atoms. The van der Waals surface area contributed by atoms with E-state index >= 15 is 0 Å². The normalized spacial score (nSPS) is 16.6. The molecule has 4 heterocycles. The third-order valence-corrected chi connectivity index (χ3v) is 18.0. The molecule has 10 aromatic rings. The topological polar surface area (TPSA) is 30.1 Å². The molecule has 2 aliphatic carbocycles. The number of hydrogen-bond donors (Lipinski definition) is 1. The predicted molar refractivity (Wildman–Crippen MR) is 295 cm³/mol. The first-order valence-electron chi connectivity index (χ1n) is 24.9. The zero-order valence-electron chi connectivity index (χ0n) is 41.9. The van der Waals surface area contributed by atoms with Gasteiger partial charge in [0.1, 0.15) is 11.2 Å². The number of fused-ring (bicyclic) bond motifs is 14. The molecule has 3 aliphatic rings. The van der Waals surface area contributed by atoms with Crippen LogP contribution in [0.25, 0.3) is 81.8 Å². The Balaban J connectivity index is 1.11. The van der Waals surface area contributed by atoms with E-state index in [2.05, 4.69) is 208 Å². The van der Waals surface area contributed by atoms with E-state index in [1.807, 2.05) is 11.3 Å². The minimum atomic E-state index is -0.175. The molecule has 1 N–H and O–H groups in total. The van der Waals surface area contributed by atoms with Gasteiger partial charge < -0.3 is 14.3 Å². The second-order valence-corrected chi connectivity index (χ2v) is 25.7. The van der Waals surface area contributed by atoms with Crippen LogP contribution in [0.3, 0.4) is 0 Å². The van der Waals surface area contributed by atoms with E-state index in [1.54, 1.807) is 0 Å². The van der Waals surface area contributed by atoms with Crippen molar-refractivity contribution in [1.29, 1.82) is 0 Å². The van der Waals surface area contributed by atoms with Crippen molar-refractivity contribution >= 4 is 94.1 Å². The second-order valence-electron chi connectivity index (χ2n) is 24.5. The van der Waals surface area contributed by atoms with Crippen LogP contribution in [0.4, 0.5) is 11.4 Å². The molecular formula is C63H61BN2OS. The molecule has 0 radical (unpaired) electrons. The first-order chi connectivity index (χ1) is 32.2. The summed E-state index contributed by atoms with van der Waals surface area (Å²) in [6.07, 6.45) is 2.40. The molecule has 0 amide bonds. The van der Waals surface area contributed by atoms with Crippen molar-refractivity contribution in [2.45, 2.75) is 123 Å². The summed E-state index contributed by atoms with van der Waals surface area (Å²) >= 11 is 1.97. The number of furan rings is 1. The molecule has 0 atom stereocenters. The highest BCUT2D eigenvalue weighted by Crippen LogP contribution is 2.56. The molecule has 0 bridgehead atoms. The van der Waals surface area contributed by atoms with Crippen LogP contribution in [0, 0.1) is 0 Å². The Labute approximate surface area is 405 Å². The van der Waals surface area contributed by atoms with Crippen LogP contribution in [-0.4, -0.2) is 11.8 Å². The van der Waals surface area contributed by atoms with E-state index in [-0.39, 0.29) is 27.1 Å². The van der Waals surface area contributed by atoms with Crippen molar-refractivity contribution in [2.24, 2.45) is 0 Å². The van der Waals surface area contributed by atoms with E-state index in [4.69, 9.17) is 4.42 Å². The molecule has 68 heavy (non-hydrogen) atoms. The standard InChI is InChI=1S/C63H61BN2OS/c1-59(2,3)34-17-20-36(21-18-34)65-50-33-47-40(41-29-48-49(32-46(41)63(47,11)12)62(9,10)26-25-61(48,7)8)28-42(50)38-22-23-39-43-31-53-44(37-15-13-14-16-52(37)67-53)30-51(43)66-56(39)55(38)64-58-57(66)45-27-35(60(4,5)6)19-24-54(45)68-58/h13-24,27-33,64-65H,25-26H2,1-12H3. The molecule has 7 aromatic carbocycles. The van der Waals surface area contributed by atoms with Gasteiger partial charge in [0, 0.05) is 59.5 Å². The maximum absolute atomic E-state index is 6.60. The summed E-state index contributed by atoms with van der Waals surface area (Å²) in [5.41, 5.74) is 23.4. The minimum absolute atomic E-state index is 0.0289. The molecule has 0 saturated heterocycles. The average molecular weight is 905 g/mol. The Morgan fingerprint density at radius 3 is 1.97 bits per heavy atom. The van der Waals surface area contributed by atoms with Gasteiger partial charge in [-0.25, -0.2) is 0 Å². The zero-order chi connectivity index (χ0) is 47.2. The Morgan fingerprint density at radius 1 is 0.559 bits per heavy atom. The summed E-state index contributed by atoms with van der Waals surface area (Å²) in [5, 5.41) is 10.2. The monoisotopic (exact) mass is 904 g/mol. The number of hydrogen-bond acceptors (Lipinski definition) is 3. The molecule has 0 saturated carbocycles. The number of aromatic nitrogens is 1.